The Morgan fingerprint density at radius 1 is 1.12 bits per heavy atom. The van der Waals surface area contributed by atoms with E-state index in [-0.39, 0.29) is 28.6 Å². The van der Waals surface area contributed by atoms with Gasteiger partial charge >= 0.3 is 5.97 Å². The molecule has 2 aromatic carbocycles. The molecule has 4 aromatic rings. The smallest absolute Gasteiger partial charge is 0.341 e. The van der Waals surface area contributed by atoms with E-state index in [2.05, 4.69) is 5.32 Å². The lowest BCUT2D eigenvalue weighted by molar-refractivity contribution is -0.119. The lowest BCUT2D eigenvalue weighted by Gasteiger charge is -2.14. The average molecular weight is 433 g/mol. The summed E-state index contributed by atoms with van der Waals surface area (Å²) in [6.45, 7) is 1.86. The van der Waals surface area contributed by atoms with Crippen molar-refractivity contribution in [2.75, 3.05) is 0 Å². The highest BCUT2D eigenvalue weighted by atomic mass is 19.1. The van der Waals surface area contributed by atoms with Gasteiger partial charge in [-0.15, -0.1) is 0 Å². The number of nitrogens with zero attached hydrogens (tertiary/aromatic N) is 2. The molecule has 5 rings (SSSR count). The lowest BCUT2D eigenvalue weighted by Crippen LogP contribution is -2.19. The highest BCUT2D eigenvalue weighted by Crippen LogP contribution is 2.37. The minimum atomic E-state index is -1.32. The fraction of sp³-hybridized carbons (Fsp3) is 0.208. The zero-order valence-corrected chi connectivity index (χ0v) is 17.3. The second-order valence-electron chi connectivity index (χ2n) is 8.17. The van der Waals surface area contributed by atoms with E-state index < -0.39 is 17.2 Å². The van der Waals surface area contributed by atoms with Crippen LogP contribution in [0.2, 0.25) is 0 Å². The van der Waals surface area contributed by atoms with Gasteiger partial charge in [-0.3, -0.25) is 9.59 Å². The first-order valence-electron chi connectivity index (χ1n) is 10.3. The Bertz CT molecular complexity index is 1480. The molecule has 32 heavy (non-hydrogen) atoms. The normalized spacial score (nSPS) is 13.6. The summed E-state index contributed by atoms with van der Waals surface area (Å²) in [4.78, 5) is 35.3. The minimum Gasteiger partial charge on any atom is -0.477 e. The van der Waals surface area contributed by atoms with Gasteiger partial charge in [-0.1, -0.05) is 12.1 Å². The number of hydrogen-bond acceptors (Lipinski definition) is 3. The Morgan fingerprint density at radius 2 is 1.88 bits per heavy atom. The van der Waals surface area contributed by atoms with Crippen LogP contribution in [0.4, 0.5) is 4.39 Å². The number of pyridine rings is 1. The molecule has 1 amide bonds. The van der Waals surface area contributed by atoms with E-state index in [9.17, 15) is 19.5 Å². The quantitative estimate of drug-likeness (QED) is 0.501. The van der Waals surface area contributed by atoms with Crippen LogP contribution in [0.15, 0.2) is 53.7 Å². The van der Waals surface area contributed by atoms with Crippen LogP contribution in [0.1, 0.15) is 41.7 Å². The van der Waals surface area contributed by atoms with Gasteiger partial charge in [-0.2, -0.15) is 0 Å². The maximum absolute atomic E-state index is 15.1. The van der Waals surface area contributed by atoms with Crippen molar-refractivity contribution in [3.8, 4) is 5.69 Å². The van der Waals surface area contributed by atoms with Gasteiger partial charge in [-0.05, 0) is 42.0 Å². The number of fused-ring (bicyclic) bond motifs is 2. The van der Waals surface area contributed by atoms with Crippen molar-refractivity contribution in [2.45, 2.75) is 32.4 Å². The van der Waals surface area contributed by atoms with Gasteiger partial charge in [-0.25, -0.2) is 9.18 Å². The Labute approximate surface area is 181 Å². The number of carboxylic acid groups (broad SMARTS) is 1. The maximum Gasteiger partial charge on any atom is 0.341 e. The van der Waals surface area contributed by atoms with Crippen LogP contribution >= 0.6 is 0 Å². The van der Waals surface area contributed by atoms with Crippen LogP contribution in [0.3, 0.4) is 0 Å². The van der Waals surface area contributed by atoms with E-state index in [0.717, 1.165) is 35.2 Å². The molecule has 1 aliphatic carbocycles. The molecule has 0 aliphatic heterocycles. The molecule has 1 fully saturated rings. The van der Waals surface area contributed by atoms with Crippen LogP contribution in [0.5, 0.6) is 0 Å². The summed E-state index contributed by atoms with van der Waals surface area (Å²) in [5.41, 5.74) is 0.676. The largest absolute Gasteiger partial charge is 0.477 e. The first kappa shape index (κ1) is 20.0. The van der Waals surface area contributed by atoms with E-state index in [1.54, 1.807) is 27.6 Å². The highest BCUT2D eigenvalue weighted by molar-refractivity contribution is 5.93. The second-order valence-corrected chi connectivity index (χ2v) is 8.17. The molecule has 1 aliphatic rings. The predicted octanol–water partition coefficient (Wildman–Crippen LogP) is 3.75. The van der Waals surface area contributed by atoms with E-state index >= 15 is 4.39 Å². The molecule has 0 saturated heterocycles. The molecule has 162 valence electrons. The van der Waals surface area contributed by atoms with Crippen molar-refractivity contribution in [1.29, 1.82) is 0 Å². The number of carbonyl (C=O) groups is 2. The molecular weight excluding hydrogens is 413 g/mol. The van der Waals surface area contributed by atoms with Gasteiger partial charge in [0.15, 0.2) is 0 Å². The lowest BCUT2D eigenvalue weighted by atomic mass is 10.1. The van der Waals surface area contributed by atoms with E-state index in [4.69, 9.17) is 0 Å². The summed E-state index contributed by atoms with van der Waals surface area (Å²) in [7, 11) is 0. The van der Waals surface area contributed by atoms with Gasteiger partial charge in [0.25, 0.3) is 0 Å². The van der Waals surface area contributed by atoms with Crippen molar-refractivity contribution >= 4 is 33.6 Å². The molecule has 0 bridgehead atoms. The summed E-state index contributed by atoms with van der Waals surface area (Å²) in [5.74, 6) is -2.05. The number of aromatic carboxylic acids is 1. The molecule has 0 atom stereocenters. The third-order valence-corrected chi connectivity index (χ3v) is 5.80. The van der Waals surface area contributed by atoms with Gasteiger partial charge in [0.05, 0.1) is 11.2 Å². The van der Waals surface area contributed by atoms with E-state index in [1.165, 1.54) is 13.1 Å². The zero-order valence-electron chi connectivity index (χ0n) is 17.3. The molecule has 0 spiro atoms. The molecule has 8 heteroatoms. The van der Waals surface area contributed by atoms with Crippen molar-refractivity contribution in [1.82, 2.24) is 14.5 Å². The first-order valence-corrected chi connectivity index (χ1v) is 10.3. The number of aromatic nitrogens is 2. The van der Waals surface area contributed by atoms with Crippen molar-refractivity contribution < 1.29 is 19.1 Å². The predicted molar refractivity (Wildman–Crippen MR) is 118 cm³/mol. The van der Waals surface area contributed by atoms with Crippen LogP contribution in [0, 0.1) is 5.82 Å². The number of halogens is 1. The number of carbonyl (C=O) groups excluding carboxylic acids is 1. The Hall–Kier alpha value is -3.94. The molecule has 0 unspecified atom stereocenters. The third kappa shape index (κ3) is 3.43. The van der Waals surface area contributed by atoms with Crippen molar-refractivity contribution in [3.05, 3.63) is 76.1 Å². The van der Waals surface area contributed by atoms with Gasteiger partial charge in [0, 0.05) is 48.9 Å². The third-order valence-electron chi connectivity index (χ3n) is 5.80. The van der Waals surface area contributed by atoms with Gasteiger partial charge in [0.1, 0.15) is 11.4 Å². The minimum absolute atomic E-state index is 0.0624. The number of benzene rings is 2. The van der Waals surface area contributed by atoms with E-state index in [0.29, 0.717) is 12.1 Å². The zero-order chi connectivity index (χ0) is 22.6. The van der Waals surface area contributed by atoms with Crippen LogP contribution in [-0.4, -0.2) is 26.1 Å². The number of hydrogen-bond donors (Lipinski definition) is 2. The maximum atomic E-state index is 15.1. The van der Waals surface area contributed by atoms with Gasteiger partial charge < -0.3 is 19.6 Å². The average Bonchev–Trinajstić information content (AvgIpc) is 3.50. The molecule has 2 aromatic heterocycles. The summed E-state index contributed by atoms with van der Waals surface area (Å²) < 4.78 is 18.6. The molecule has 0 radical (unpaired) electrons. The Balaban J connectivity index is 1.65. The summed E-state index contributed by atoms with van der Waals surface area (Å²) in [5, 5.41) is 14.0. The van der Waals surface area contributed by atoms with Crippen LogP contribution < -0.4 is 10.7 Å². The number of carboxylic acids is 1. The first-order chi connectivity index (χ1) is 15.3. The fourth-order valence-electron chi connectivity index (χ4n) is 4.03. The monoisotopic (exact) mass is 433 g/mol. The Morgan fingerprint density at radius 3 is 2.56 bits per heavy atom. The van der Waals surface area contributed by atoms with Crippen molar-refractivity contribution in [3.63, 3.8) is 0 Å². The Kier molecular flexibility index (Phi) is 4.58. The molecular formula is C24H20FN3O4. The number of nitrogens with one attached hydrogen (secondary N) is 1. The van der Waals surface area contributed by atoms with Gasteiger partial charge in [0.2, 0.25) is 11.3 Å². The summed E-state index contributed by atoms with van der Waals surface area (Å²) in [6.07, 6.45) is 6.73. The summed E-state index contributed by atoms with van der Waals surface area (Å²) in [6, 6.07) is 8.58. The topological polar surface area (TPSA) is 93.3 Å². The van der Waals surface area contributed by atoms with Crippen molar-refractivity contribution in [2.24, 2.45) is 0 Å². The SMILES string of the molecule is CC(=O)NCc1ccc2cn(-c3cc4c(cc3F)c(=O)c(C(=O)O)cn4C3CC3)cc2c1. The number of amides is 1. The molecule has 2 heterocycles. The fourth-order valence-corrected chi connectivity index (χ4v) is 4.03. The molecule has 2 N–H and O–H groups in total. The highest BCUT2D eigenvalue weighted by Gasteiger charge is 2.27. The molecule has 7 nitrogen and oxygen atoms in total. The van der Waals surface area contributed by atoms with Crippen LogP contribution in [-0.2, 0) is 11.3 Å². The number of rotatable bonds is 5. The van der Waals surface area contributed by atoms with Crippen LogP contribution in [0.25, 0.3) is 27.4 Å². The summed E-state index contributed by atoms with van der Waals surface area (Å²) >= 11 is 0. The molecule has 1 saturated carbocycles. The standard InChI is InChI=1S/C24H20FN3O4/c1-13(29)26-9-14-2-3-15-10-27(11-16(15)6-14)22-8-21-18(7-20(22)25)23(30)19(24(31)32)12-28(21)17-4-5-17/h2-3,6-8,10-12,17H,4-5,9H2,1H3,(H,26,29)(H,31,32). The van der Waals surface area contributed by atoms with E-state index in [1.807, 2.05) is 18.2 Å². The second kappa shape index (κ2) is 7.33.